The minimum absolute atomic E-state index is 0.0261. The summed E-state index contributed by atoms with van der Waals surface area (Å²) in [6.45, 7) is 9.52. The van der Waals surface area contributed by atoms with Crippen LogP contribution in [0.4, 0.5) is 0 Å². The lowest BCUT2D eigenvalue weighted by atomic mass is 10.0. The highest BCUT2D eigenvalue weighted by Gasteiger charge is 2.20. The molecule has 118 valence electrons. The van der Waals surface area contributed by atoms with E-state index in [4.69, 9.17) is 5.73 Å². The fraction of sp³-hybridized carbons (Fsp3) is 0.733. The van der Waals surface area contributed by atoms with Crippen LogP contribution in [0, 0.1) is 0 Å². The van der Waals surface area contributed by atoms with Crippen LogP contribution in [0.15, 0.2) is 12.4 Å². The maximum atomic E-state index is 10.9. The van der Waals surface area contributed by atoms with Gasteiger partial charge in [-0.25, -0.2) is 0 Å². The van der Waals surface area contributed by atoms with Gasteiger partial charge in [0, 0.05) is 37.4 Å². The van der Waals surface area contributed by atoms with Gasteiger partial charge in [0.25, 0.3) is 0 Å². The van der Waals surface area contributed by atoms with Crippen molar-refractivity contribution in [2.24, 2.45) is 5.73 Å². The Labute approximate surface area is 126 Å². The van der Waals surface area contributed by atoms with Crippen molar-refractivity contribution in [3.8, 4) is 0 Å². The number of rotatable bonds is 5. The monoisotopic (exact) mass is 293 g/mol. The molecule has 0 atom stereocenters. The quantitative estimate of drug-likeness (QED) is 0.837. The molecular weight excluding hydrogens is 266 g/mol. The van der Waals surface area contributed by atoms with Gasteiger partial charge in [0.05, 0.1) is 18.3 Å². The molecule has 0 bridgehead atoms. The van der Waals surface area contributed by atoms with E-state index in [1.54, 1.807) is 0 Å². The summed E-state index contributed by atoms with van der Waals surface area (Å²) in [4.78, 5) is 13.0. The Kier molecular flexibility index (Phi) is 5.00. The van der Waals surface area contributed by atoms with Crippen molar-refractivity contribution in [2.45, 2.75) is 51.7 Å². The first-order valence-electron chi connectivity index (χ1n) is 7.62. The van der Waals surface area contributed by atoms with Crippen molar-refractivity contribution in [1.29, 1.82) is 0 Å². The molecule has 0 unspecified atom stereocenters. The molecule has 1 saturated heterocycles. The van der Waals surface area contributed by atoms with Crippen LogP contribution in [0.5, 0.6) is 0 Å². The second kappa shape index (κ2) is 6.58. The number of hydrogen-bond acceptors (Lipinski definition) is 4. The summed E-state index contributed by atoms with van der Waals surface area (Å²) >= 11 is 0. The predicted molar refractivity (Wildman–Crippen MR) is 82.7 cm³/mol. The van der Waals surface area contributed by atoms with Crippen molar-refractivity contribution in [3.05, 3.63) is 18.0 Å². The van der Waals surface area contributed by atoms with Crippen LogP contribution in [-0.4, -0.2) is 46.3 Å². The molecule has 3 N–H and O–H groups in total. The number of amides is 1. The molecule has 0 radical (unpaired) electrons. The average Bonchev–Trinajstić information content (AvgIpc) is 2.86. The summed E-state index contributed by atoms with van der Waals surface area (Å²) < 4.78 is 2.00. The summed E-state index contributed by atoms with van der Waals surface area (Å²) in [6.07, 6.45) is 6.15. The molecule has 2 heterocycles. The van der Waals surface area contributed by atoms with E-state index in [9.17, 15) is 4.79 Å². The third kappa shape index (κ3) is 4.82. The SMILES string of the molecule is CC(C)(C)n1cc(CNC2CCN(CC(N)=O)CC2)cn1. The van der Waals surface area contributed by atoms with Crippen LogP contribution >= 0.6 is 0 Å². The van der Waals surface area contributed by atoms with Crippen LogP contribution in [0.1, 0.15) is 39.2 Å². The van der Waals surface area contributed by atoms with E-state index in [-0.39, 0.29) is 11.4 Å². The zero-order valence-corrected chi connectivity index (χ0v) is 13.3. The van der Waals surface area contributed by atoms with Crippen molar-refractivity contribution < 1.29 is 4.79 Å². The lowest BCUT2D eigenvalue weighted by molar-refractivity contribution is -0.119. The normalized spacial score (nSPS) is 18.0. The lowest BCUT2D eigenvalue weighted by Gasteiger charge is -2.31. The highest BCUT2D eigenvalue weighted by Crippen LogP contribution is 2.14. The zero-order chi connectivity index (χ0) is 15.5. The number of nitrogens with zero attached hydrogens (tertiary/aromatic N) is 3. The predicted octanol–water partition coefficient (Wildman–Crippen LogP) is 0.677. The molecule has 0 saturated carbocycles. The van der Waals surface area contributed by atoms with Crippen LogP contribution in [-0.2, 0) is 16.9 Å². The number of nitrogens with two attached hydrogens (primary N) is 1. The Morgan fingerprint density at radius 3 is 2.62 bits per heavy atom. The fourth-order valence-electron chi connectivity index (χ4n) is 2.60. The topological polar surface area (TPSA) is 76.2 Å². The molecular formula is C15H27N5O. The molecule has 21 heavy (non-hydrogen) atoms. The van der Waals surface area contributed by atoms with E-state index in [0.717, 1.165) is 32.5 Å². The minimum atomic E-state index is -0.240. The summed E-state index contributed by atoms with van der Waals surface area (Å²) in [6, 6.07) is 0.507. The van der Waals surface area contributed by atoms with Gasteiger partial charge in [-0.05, 0) is 33.6 Å². The Hall–Kier alpha value is -1.40. The van der Waals surface area contributed by atoms with E-state index >= 15 is 0 Å². The van der Waals surface area contributed by atoms with Crippen LogP contribution in [0.2, 0.25) is 0 Å². The number of primary amides is 1. The summed E-state index contributed by atoms with van der Waals surface area (Å²) in [5.74, 6) is -0.240. The van der Waals surface area contributed by atoms with Gasteiger partial charge in [-0.1, -0.05) is 0 Å². The molecule has 1 aliphatic heterocycles. The number of carbonyl (C=O) groups excluding carboxylic acids is 1. The second-order valence-corrected chi connectivity index (χ2v) is 6.86. The highest BCUT2D eigenvalue weighted by atomic mass is 16.1. The molecule has 0 spiro atoms. The number of carbonyl (C=O) groups is 1. The van der Waals surface area contributed by atoms with E-state index in [2.05, 4.69) is 42.3 Å². The van der Waals surface area contributed by atoms with Gasteiger partial charge in [-0.3, -0.25) is 14.4 Å². The largest absolute Gasteiger partial charge is 0.369 e. The summed E-state index contributed by atoms with van der Waals surface area (Å²) in [5, 5.41) is 7.99. The fourth-order valence-corrected chi connectivity index (χ4v) is 2.60. The van der Waals surface area contributed by atoms with E-state index in [1.165, 1.54) is 5.56 Å². The molecule has 1 amide bonds. The average molecular weight is 293 g/mol. The van der Waals surface area contributed by atoms with Gasteiger partial charge in [0.1, 0.15) is 0 Å². The number of nitrogens with one attached hydrogen (secondary N) is 1. The number of aromatic nitrogens is 2. The lowest BCUT2D eigenvalue weighted by Crippen LogP contribution is -2.45. The third-order valence-electron chi connectivity index (χ3n) is 3.89. The number of hydrogen-bond donors (Lipinski definition) is 2. The second-order valence-electron chi connectivity index (χ2n) is 6.86. The molecule has 0 aliphatic carbocycles. The third-order valence-corrected chi connectivity index (χ3v) is 3.89. The molecule has 2 rings (SSSR count). The van der Waals surface area contributed by atoms with E-state index < -0.39 is 0 Å². The van der Waals surface area contributed by atoms with Crippen molar-refractivity contribution in [1.82, 2.24) is 20.0 Å². The van der Waals surface area contributed by atoms with Crippen molar-refractivity contribution in [2.75, 3.05) is 19.6 Å². The molecule has 0 aromatic carbocycles. The van der Waals surface area contributed by atoms with Crippen molar-refractivity contribution >= 4 is 5.91 Å². The Balaban J connectivity index is 1.75. The van der Waals surface area contributed by atoms with Crippen LogP contribution in [0.25, 0.3) is 0 Å². The van der Waals surface area contributed by atoms with Gasteiger partial charge >= 0.3 is 0 Å². The van der Waals surface area contributed by atoms with Gasteiger partial charge < -0.3 is 11.1 Å². The highest BCUT2D eigenvalue weighted by molar-refractivity contribution is 5.75. The zero-order valence-electron chi connectivity index (χ0n) is 13.3. The maximum absolute atomic E-state index is 10.9. The van der Waals surface area contributed by atoms with Crippen molar-refractivity contribution in [3.63, 3.8) is 0 Å². The molecule has 6 heteroatoms. The Bertz CT molecular complexity index is 469. The van der Waals surface area contributed by atoms with Crippen LogP contribution < -0.4 is 11.1 Å². The van der Waals surface area contributed by atoms with Gasteiger partial charge in [0.2, 0.25) is 5.91 Å². The Morgan fingerprint density at radius 2 is 2.10 bits per heavy atom. The molecule has 6 nitrogen and oxygen atoms in total. The molecule has 1 aromatic heterocycles. The van der Waals surface area contributed by atoms with Gasteiger partial charge in [-0.2, -0.15) is 5.10 Å². The molecule has 1 aromatic rings. The van der Waals surface area contributed by atoms with Gasteiger partial charge in [-0.15, -0.1) is 0 Å². The first-order valence-corrected chi connectivity index (χ1v) is 7.62. The number of piperidine rings is 1. The molecule has 1 aliphatic rings. The molecule has 1 fully saturated rings. The maximum Gasteiger partial charge on any atom is 0.231 e. The van der Waals surface area contributed by atoms with E-state index in [1.807, 2.05) is 10.9 Å². The minimum Gasteiger partial charge on any atom is -0.369 e. The smallest absolute Gasteiger partial charge is 0.231 e. The number of likely N-dealkylation sites (tertiary alicyclic amines) is 1. The van der Waals surface area contributed by atoms with Gasteiger partial charge in [0.15, 0.2) is 0 Å². The first-order chi connectivity index (χ1) is 9.84. The standard InChI is InChI=1S/C15H27N5O/c1-15(2,3)20-10-12(9-18-20)8-17-13-4-6-19(7-5-13)11-14(16)21/h9-10,13,17H,4-8,11H2,1-3H3,(H2,16,21). The van der Waals surface area contributed by atoms with E-state index in [0.29, 0.717) is 12.6 Å². The first kappa shape index (κ1) is 16.0. The van der Waals surface area contributed by atoms with Crippen LogP contribution in [0.3, 0.4) is 0 Å². The summed E-state index contributed by atoms with van der Waals surface area (Å²) in [5.41, 5.74) is 6.46. The summed E-state index contributed by atoms with van der Waals surface area (Å²) in [7, 11) is 0. The Morgan fingerprint density at radius 1 is 1.43 bits per heavy atom.